The molecule has 1 aromatic carbocycles. The van der Waals surface area contributed by atoms with Gasteiger partial charge in [-0.25, -0.2) is 9.67 Å². The molecule has 21 heavy (non-hydrogen) atoms. The number of aromatic nitrogens is 3. The van der Waals surface area contributed by atoms with Crippen LogP contribution in [0.1, 0.15) is 5.69 Å². The lowest BCUT2D eigenvalue weighted by molar-refractivity contribution is 0.270. The number of thiazole rings is 1. The van der Waals surface area contributed by atoms with E-state index in [1.807, 2.05) is 47.3 Å². The lowest BCUT2D eigenvalue weighted by Gasteiger charge is -2.06. The van der Waals surface area contributed by atoms with Crippen molar-refractivity contribution in [1.29, 1.82) is 0 Å². The lowest BCUT2D eigenvalue weighted by atomic mass is 10.2. The van der Waals surface area contributed by atoms with Gasteiger partial charge < -0.3 is 10.4 Å². The normalized spacial score (nSPS) is 10.7. The monoisotopic (exact) mass is 300 g/mol. The smallest absolute Gasteiger partial charge is 0.125 e. The number of rotatable bonds is 6. The Balaban J connectivity index is 1.82. The van der Waals surface area contributed by atoms with Crippen molar-refractivity contribution in [3.05, 3.63) is 53.0 Å². The molecule has 0 spiro atoms. The molecule has 0 radical (unpaired) electrons. The molecule has 0 aliphatic rings. The van der Waals surface area contributed by atoms with Crippen molar-refractivity contribution in [2.45, 2.75) is 13.1 Å². The molecule has 2 aromatic heterocycles. The number of hydrogen-bond acceptors (Lipinski definition) is 5. The van der Waals surface area contributed by atoms with Gasteiger partial charge in [0.1, 0.15) is 5.82 Å². The fourth-order valence-electron chi connectivity index (χ4n) is 2.08. The van der Waals surface area contributed by atoms with E-state index in [4.69, 9.17) is 0 Å². The maximum Gasteiger partial charge on any atom is 0.125 e. The third-order valence-electron chi connectivity index (χ3n) is 3.10. The van der Waals surface area contributed by atoms with Gasteiger partial charge in [-0.05, 0) is 0 Å². The molecule has 2 N–H and O–H groups in total. The second kappa shape index (κ2) is 6.51. The highest BCUT2D eigenvalue weighted by Gasteiger charge is 2.09. The predicted molar refractivity (Wildman–Crippen MR) is 84.2 cm³/mol. The maximum atomic E-state index is 9.18. The van der Waals surface area contributed by atoms with Crippen LogP contribution in [0.3, 0.4) is 0 Å². The first-order chi connectivity index (χ1) is 10.4. The Morgan fingerprint density at radius 1 is 1.24 bits per heavy atom. The van der Waals surface area contributed by atoms with Crippen molar-refractivity contribution < 1.29 is 5.11 Å². The molecule has 108 valence electrons. The van der Waals surface area contributed by atoms with Crippen LogP contribution in [0.5, 0.6) is 0 Å². The minimum absolute atomic E-state index is 0.0568. The van der Waals surface area contributed by atoms with Crippen LogP contribution in [0, 0.1) is 0 Å². The summed E-state index contributed by atoms with van der Waals surface area (Å²) < 4.78 is 1.79. The second-order valence-corrected chi connectivity index (χ2v) is 5.28. The van der Waals surface area contributed by atoms with Crippen molar-refractivity contribution in [3.8, 4) is 11.3 Å². The van der Waals surface area contributed by atoms with E-state index in [2.05, 4.69) is 15.4 Å². The summed E-state index contributed by atoms with van der Waals surface area (Å²) in [4.78, 5) is 4.25. The average Bonchev–Trinajstić information content (AvgIpc) is 3.16. The molecule has 5 nitrogen and oxygen atoms in total. The molecule has 0 amide bonds. The van der Waals surface area contributed by atoms with E-state index in [1.54, 1.807) is 16.0 Å². The fraction of sp³-hybridized carbons (Fsp3) is 0.200. The summed E-state index contributed by atoms with van der Waals surface area (Å²) in [6.07, 6.45) is 0. The zero-order valence-corrected chi connectivity index (χ0v) is 12.3. The second-order valence-electron chi connectivity index (χ2n) is 4.56. The van der Waals surface area contributed by atoms with Gasteiger partial charge in [0.2, 0.25) is 0 Å². The molecule has 3 rings (SSSR count). The number of aliphatic hydroxyl groups excluding tert-OH is 1. The zero-order valence-electron chi connectivity index (χ0n) is 11.4. The Bertz CT molecular complexity index is 679. The first-order valence-corrected chi connectivity index (χ1v) is 7.66. The van der Waals surface area contributed by atoms with E-state index in [-0.39, 0.29) is 6.61 Å². The highest BCUT2D eigenvalue weighted by atomic mass is 32.1. The molecular weight excluding hydrogens is 284 g/mol. The minimum atomic E-state index is 0.0568. The summed E-state index contributed by atoms with van der Waals surface area (Å²) in [6, 6.07) is 12.0. The van der Waals surface area contributed by atoms with Crippen LogP contribution in [0.25, 0.3) is 11.3 Å². The highest BCUT2D eigenvalue weighted by molar-refractivity contribution is 7.07. The van der Waals surface area contributed by atoms with Gasteiger partial charge in [-0.1, -0.05) is 30.3 Å². The third kappa shape index (κ3) is 3.29. The molecule has 6 heteroatoms. The Kier molecular flexibility index (Phi) is 4.28. The van der Waals surface area contributed by atoms with Gasteiger partial charge in [0.25, 0.3) is 0 Å². The third-order valence-corrected chi connectivity index (χ3v) is 3.73. The Morgan fingerprint density at radius 3 is 2.81 bits per heavy atom. The number of hydrogen-bond donors (Lipinski definition) is 2. The van der Waals surface area contributed by atoms with E-state index >= 15 is 0 Å². The van der Waals surface area contributed by atoms with Crippen molar-refractivity contribution in [2.24, 2.45) is 0 Å². The molecule has 3 aromatic rings. The number of anilines is 1. The molecule has 0 saturated carbocycles. The molecule has 0 aliphatic carbocycles. The lowest BCUT2D eigenvalue weighted by Crippen LogP contribution is -2.10. The molecule has 0 atom stereocenters. The Morgan fingerprint density at radius 2 is 2.10 bits per heavy atom. The van der Waals surface area contributed by atoms with Gasteiger partial charge in [-0.15, -0.1) is 11.3 Å². The maximum absolute atomic E-state index is 9.18. The molecule has 0 unspecified atom stereocenters. The average molecular weight is 300 g/mol. The van der Waals surface area contributed by atoms with Gasteiger partial charge in [0.05, 0.1) is 36.6 Å². The summed E-state index contributed by atoms with van der Waals surface area (Å²) in [7, 11) is 0. The number of nitrogens with zero attached hydrogens (tertiary/aromatic N) is 3. The van der Waals surface area contributed by atoms with E-state index in [0.29, 0.717) is 13.1 Å². The summed E-state index contributed by atoms with van der Waals surface area (Å²) in [6.45, 7) is 1.17. The Hall–Kier alpha value is -2.18. The topological polar surface area (TPSA) is 63.0 Å². The van der Waals surface area contributed by atoms with E-state index < -0.39 is 0 Å². The van der Waals surface area contributed by atoms with Crippen LogP contribution in [-0.2, 0) is 13.1 Å². The van der Waals surface area contributed by atoms with Crippen molar-refractivity contribution in [3.63, 3.8) is 0 Å². The van der Waals surface area contributed by atoms with Crippen molar-refractivity contribution >= 4 is 17.2 Å². The number of aliphatic hydroxyl groups is 1. The quantitative estimate of drug-likeness (QED) is 0.734. The SMILES string of the molecule is OCCn1nc(-c2ccccc2)cc1NCc1cscn1. The molecule has 0 aliphatic heterocycles. The first-order valence-electron chi connectivity index (χ1n) is 6.72. The van der Waals surface area contributed by atoms with Crippen LogP contribution in [0.4, 0.5) is 5.82 Å². The van der Waals surface area contributed by atoms with E-state index in [0.717, 1.165) is 22.8 Å². The largest absolute Gasteiger partial charge is 0.394 e. The standard InChI is InChI=1S/C15H16N4OS/c20-7-6-19-15(16-9-13-10-21-11-17-13)8-14(18-19)12-4-2-1-3-5-12/h1-5,8,10-11,16,20H,6-7,9H2. The van der Waals surface area contributed by atoms with Crippen LogP contribution in [0.2, 0.25) is 0 Å². The van der Waals surface area contributed by atoms with Crippen molar-refractivity contribution in [1.82, 2.24) is 14.8 Å². The molecule has 0 bridgehead atoms. The molecular formula is C15H16N4OS. The molecule has 2 heterocycles. The van der Waals surface area contributed by atoms with Gasteiger partial charge >= 0.3 is 0 Å². The van der Waals surface area contributed by atoms with E-state index in [1.165, 1.54) is 0 Å². The van der Waals surface area contributed by atoms with Gasteiger partial charge in [0.15, 0.2) is 0 Å². The minimum Gasteiger partial charge on any atom is -0.394 e. The van der Waals surface area contributed by atoms with E-state index in [9.17, 15) is 5.11 Å². The summed E-state index contributed by atoms with van der Waals surface area (Å²) in [5.74, 6) is 0.885. The zero-order chi connectivity index (χ0) is 14.5. The summed E-state index contributed by atoms with van der Waals surface area (Å²) in [5, 5.41) is 19.1. The van der Waals surface area contributed by atoms with Crippen molar-refractivity contribution in [2.75, 3.05) is 11.9 Å². The van der Waals surface area contributed by atoms with Crippen LogP contribution < -0.4 is 5.32 Å². The summed E-state index contributed by atoms with van der Waals surface area (Å²) >= 11 is 1.58. The predicted octanol–water partition coefficient (Wildman–Crippen LogP) is 2.61. The van der Waals surface area contributed by atoms with Gasteiger partial charge in [-0.3, -0.25) is 0 Å². The number of nitrogens with one attached hydrogen (secondary N) is 1. The van der Waals surface area contributed by atoms with Crippen LogP contribution in [0.15, 0.2) is 47.3 Å². The summed E-state index contributed by atoms with van der Waals surface area (Å²) in [5.41, 5.74) is 4.77. The molecule has 0 saturated heterocycles. The number of benzene rings is 1. The van der Waals surface area contributed by atoms with Crippen LogP contribution >= 0.6 is 11.3 Å². The molecule has 0 fully saturated rings. The van der Waals surface area contributed by atoms with Gasteiger partial charge in [0, 0.05) is 17.0 Å². The fourth-order valence-corrected chi connectivity index (χ4v) is 2.64. The Labute approximate surface area is 126 Å². The first kappa shape index (κ1) is 13.8. The van der Waals surface area contributed by atoms with Gasteiger partial charge in [-0.2, -0.15) is 5.10 Å². The van der Waals surface area contributed by atoms with Crippen LogP contribution in [-0.4, -0.2) is 26.5 Å². The highest BCUT2D eigenvalue weighted by Crippen LogP contribution is 2.22.